The Morgan fingerprint density at radius 2 is 2.23 bits per heavy atom. The summed E-state index contributed by atoms with van der Waals surface area (Å²) in [5.41, 5.74) is 0.351. The first-order valence-corrected chi connectivity index (χ1v) is 7.85. The molecule has 1 saturated heterocycles. The number of ether oxygens (including phenoxy) is 1. The van der Waals surface area contributed by atoms with E-state index in [4.69, 9.17) is 4.42 Å². The van der Waals surface area contributed by atoms with E-state index in [0.29, 0.717) is 28.7 Å². The van der Waals surface area contributed by atoms with Crippen LogP contribution in [0, 0.1) is 6.92 Å². The summed E-state index contributed by atoms with van der Waals surface area (Å²) >= 11 is 1.49. The summed E-state index contributed by atoms with van der Waals surface area (Å²) in [5.74, 6) is 1.26. The maximum Gasteiger partial charge on any atom is 0.341 e. The van der Waals surface area contributed by atoms with Gasteiger partial charge in [-0.05, 0) is 13.0 Å². The fourth-order valence-corrected chi connectivity index (χ4v) is 2.98. The van der Waals surface area contributed by atoms with Crippen molar-refractivity contribution < 1.29 is 23.5 Å². The number of thioether (sulfide) groups is 1. The predicted octanol–water partition coefficient (Wildman–Crippen LogP) is 0.866. The van der Waals surface area contributed by atoms with Gasteiger partial charge in [0.05, 0.1) is 25.3 Å². The van der Waals surface area contributed by atoms with Crippen LogP contribution in [0.25, 0.3) is 0 Å². The molecule has 7 nitrogen and oxygen atoms in total. The summed E-state index contributed by atoms with van der Waals surface area (Å²) in [4.78, 5) is 38.1. The molecule has 8 heteroatoms. The molecule has 2 amide bonds. The average Bonchev–Trinajstić information content (AvgIpc) is 3.04. The summed E-state index contributed by atoms with van der Waals surface area (Å²) in [7, 11) is 2.93. The van der Waals surface area contributed by atoms with E-state index in [2.05, 4.69) is 4.74 Å². The van der Waals surface area contributed by atoms with E-state index in [-0.39, 0.29) is 24.9 Å². The number of likely N-dealkylation sites (N-methyl/N-ethyl adjacent to an activating group) is 1. The van der Waals surface area contributed by atoms with E-state index < -0.39 is 5.97 Å². The Morgan fingerprint density at radius 3 is 2.82 bits per heavy atom. The third-order valence-corrected chi connectivity index (χ3v) is 4.29. The largest absolute Gasteiger partial charge is 0.465 e. The number of rotatable bonds is 5. The first kappa shape index (κ1) is 16.4. The molecule has 22 heavy (non-hydrogen) atoms. The minimum Gasteiger partial charge on any atom is -0.465 e. The number of amides is 2. The molecule has 0 spiro atoms. The molecular formula is C14H18N2O5S. The van der Waals surface area contributed by atoms with Gasteiger partial charge < -0.3 is 19.0 Å². The number of hydrogen-bond donors (Lipinski definition) is 0. The van der Waals surface area contributed by atoms with Crippen molar-refractivity contribution in [2.45, 2.75) is 13.5 Å². The molecule has 0 aliphatic carbocycles. The van der Waals surface area contributed by atoms with Gasteiger partial charge in [0, 0.05) is 7.05 Å². The summed E-state index contributed by atoms with van der Waals surface area (Å²) in [6, 6.07) is 1.57. The highest BCUT2D eigenvalue weighted by atomic mass is 32.2. The highest BCUT2D eigenvalue weighted by Gasteiger charge is 2.25. The molecule has 2 heterocycles. The van der Waals surface area contributed by atoms with Crippen LogP contribution in [0.1, 0.15) is 21.9 Å². The number of hydrogen-bond acceptors (Lipinski definition) is 6. The molecule has 1 aromatic rings. The monoisotopic (exact) mass is 326 g/mol. The number of furan rings is 1. The summed E-state index contributed by atoms with van der Waals surface area (Å²) in [6.45, 7) is 1.95. The zero-order valence-electron chi connectivity index (χ0n) is 12.7. The van der Waals surface area contributed by atoms with Crippen molar-refractivity contribution in [2.24, 2.45) is 0 Å². The molecule has 0 radical (unpaired) electrons. The highest BCUT2D eigenvalue weighted by Crippen LogP contribution is 2.18. The topological polar surface area (TPSA) is 80.1 Å². The SMILES string of the molecule is COC(=O)c1cc(CN(C)C(=O)CN2CSCC2=O)oc1C. The lowest BCUT2D eigenvalue weighted by Crippen LogP contribution is -2.38. The maximum absolute atomic E-state index is 12.1. The lowest BCUT2D eigenvalue weighted by molar-refractivity contribution is -0.137. The zero-order valence-corrected chi connectivity index (χ0v) is 13.6. The van der Waals surface area contributed by atoms with Crippen molar-refractivity contribution >= 4 is 29.5 Å². The van der Waals surface area contributed by atoms with Crippen molar-refractivity contribution in [1.29, 1.82) is 0 Å². The van der Waals surface area contributed by atoms with Crippen LogP contribution in [0.15, 0.2) is 10.5 Å². The average molecular weight is 326 g/mol. The Kier molecular flexibility index (Phi) is 5.12. The number of methoxy groups -OCH3 is 1. The van der Waals surface area contributed by atoms with Gasteiger partial charge in [0.25, 0.3) is 0 Å². The number of nitrogens with zero attached hydrogens (tertiary/aromatic N) is 2. The Hall–Kier alpha value is -1.96. The van der Waals surface area contributed by atoms with Gasteiger partial charge in [0.2, 0.25) is 11.8 Å². The molecular weight excluding hydrogens is 308 g/mol. The van der Waals surface area contributed by atoms with Crippen molar-refractivity contribution in [3.63, 3.8) is 0 Å². The molecule has 120 valence electrons. The normalized spacial score (nSPS) is 14.3. The first-order valence-electron chi connectivity index (χ1n) is 6.69. The van der Waals surface area contributed by atoms with Crippen LogP contribution in [-0.4, -0.2) is 59.9 Å². The lowest BCUT2D eigenvalue weighted by atomic mass is 10.2. The van der Waals surface area contributed by atoms with Crippen LogP contribution < -0.4 is 0 Å². The van der Waals surface area contributed by atoms with Crippen LogP contribution in [-0.2, 0) is 20.9 Å². The highest BCUT2D eigenvalue weighted by molar-refractivity contribution is 8.00. The molecule has 0 unspecified atom stereocenters. The Bertz CT molecular complexity index is 598. The number of carbonyl (C=O) groups is 3. The van der Waals surface area contributed by atoms with E-state index in [0.717, 1.165) is 0 Å². The predicted molar refractivity (Wildman–Crippen MR) is 80.3 cm³/mol. The smallest absolute Gasteiger partial charge is 0.341 e. The standard InChI is InChI=1S/C14H18N2O5S/c1-9-11(14(19)20-3)4-10(21-9)5-15(2)12(17)6-16-8-22-7-13(16)18/h4H,5-8H2,1-3H3. The van der Waals surface area contributed by atoms with Crippen molar-refractivity contribution in [3.05, 3.63) is 23.2 Å². The fourth-order valence-electron chi connectivity index (χ4n) is 2.08. The van der Waals surface area contributed by atoms with E-state index in [1.807, 2.05) is 0 Å². The van der Waals surface area contributed by atoms with Gasteiger partial charge in [0.15, 0.2) is 0 Å². The molecule has 1 aliphatic rings. The molecule has 2 rings (SSSR count). The number of carbonyl (C=O) groups excluding carboxylic acids is 3. The molecule has 1 aliphatic heterocycles. The molecule has 1 fully saturated rings. The third-order valence-electron chi connectivity index (χ3n) is 3.34. The van der Waals surface area contributed by atoms with Crippen molar-refractivity contribution in [2.75, 3.05) is 32.3 Å². The van der Waals surface area contributed by atoms with Gasteiger partial charge in [-0.3, -0.25) is 9.59 Å². The van der Waals surface area contributed by atoms with E-state index in [1.165, 1.54) is 28.7 Å². The minimum absolute atomic E-state index is 0.0198. The molecule has 1 aromatic heterocycles. The fraction of sp³-hybridized carbons (Fsp3) is 0.500. The minimum atomic E-state index is -0.471. The van der Waals surface area contributed by atoms with Gasteiger partial charge in [-0.1, -0.05) is 0 Å². The van der Waals surface area contributed by atoms with Gasteiger partial charge >= 0.3 is 5.97 Å². The second-order valence-corrected chi connectivity index (χ2v) is 5.95. The first-order chi connectivity index (χ1) is 10.4. The third kappa shape index (κ3) is 3.62. The quantitative estimate of drug-likeness (QED) is 0.747. The van der Waals surface area contributed by atoms with Crippen LogP contribution in [0.2, 0.25) is 0 Å². The van der Waals surface area contributed by atoms with Crippen LogP contribution in [0.4, 0.5) is 0 Å². The van der Waals surface area contributed by atoms with Gasteiger partial charge in [-0.2, -0.15) is 0 Å². The number of esters is 1. The van der Waals surface area contributed by atoms with Gasteiger partial charge in [0.1, 0.15) is 23.6 Å². The summed E-state index contributed by atoms with van der Waals surface area (Å²) in [6.07, 6.45) is 0. The molecule has 0 aromatic carbocycles. The van der Waals surface area contributed by atoms with Crippen LogP contribution >= 0.6 is 11.8 Å². The molecule has 0 N–H and O–H groups in total. The van der Waals surface area contributed by atoms with Gasteiger partial charge in [-0.15, -0.1) is 11.8 Å². The zero-order chi connectivity index (χ0) is 16.3. The van der Waals surface area contributed by atoms with Crippen molar-refractivity contribution in [3.8, 4) is 0 Å². The lowest BCUT2D eigenvalue weighted by Gasteiger charge is -2.20. The maximum atomic E-state index is 12.1. The summed E-state index contributed by atoms with van der Waals surface area (Å²) < 4.78 is 10.1. The molecule has 0 saturated carbocycles. The molecule has 0 bridgehead atoms. The summed E-state index contributed by atoms with van der Waals surface area (Å²) in [5, 5.41) is 0. The Labute approximate surface area is 132 Å². The number of aryl methyl sites for hydroxylation is 1. The van der Waals surface area contributed by atoms with Gasteiger partial charge in [-0.25, -0.2) is 4.79 Å². The van der Waals surface area contributed by atoms with Crippen molar-refractivity contribution in [1.82, 2.24) is 9.80 Å². The Balaban J connectivity index is 1.96. The van der Waals surface area contributed by atoms with Crippen LogP contribution in [0.3, 0.4) is 0 Å². The Morgan fingerprint density at radius 1 is 1.50 bits per heavy atom. The van der Waals surface area contributed by atoms with Crippen LogP contribution in [0.5, 0.6) is 0 Å². The second-order valence-electron chi connectivity index (χ2n) is 4.99. The second kappa shape index (κ2) is 6.87. The molecule has 0 atom stereocenters. The van der Waals surface area contributed by atoms with E-state index in [9.17, 15) is 14.4 Å². The van der Waals surface area contributed by atoms with E-state index >= 15 is 0 Å². The van der Waals surface area contributed by atoms with E-state index in [1.54, 1.807) is 20.0 Å².